The van der Waals surface area contributed by atoms with E-state index in [9.17, 15) is 8.42 Å². The highest BCUT2D eigenvalue weighted by atomic mass is 32.2. The van der Waals surface area contributed by atoms with Crippen molar-refractivity contribution in [2.75, 3.05) is 33.3 Å². The molecule has 0 aliphatic carbocycles. The lowest BCUT2D eigenvalue weighted by Crippen LogP contribution is -2.45. The maximum absolute atomic E-state index is 12.6. The summed E-state index contributed by atoms with van der Waals surface area (Å²) in [6.45, 7) is 4.86. The lowest BCUT2D eigenvalue weighted by Gasteiger charge is -2.31. The second kappa shape index (κ2) is 7.35. The minimum Gasteiger partial charge on any atom is -0.375 e. The third kappa shape index (κ3) is 4.03. The van der Waals surface area contributed by atoms with Crippen LogP contribution in [0.2, 0.25) is 0 Å². The third-order valence-corrected chi connectivity index (χ3v) is 5.44. The highest BCUT2D eigenvalue weighted by molar-refractivity contribution is 7.89. The molecule has 21 heavy (non-hydrogen) atoms. The molecule has 1 aliphatic rings. The summed E-state index contributed by atoms with van der Waals surface area (Å²) in [5, 5.41) is 7.20. The first kappa shape index (κ1) is 16.4. The van der Waals surface area contributed by atoms with Gasteiger partial charge in [-0.2, -0.15) is 9.40 Å². The van der Waals surface area contributed by atoms with E-state index in [-0.39, 0.29) is 11.0 Å². The summed E-state index contributed by atoms with van der Waals surface area (Å²) in [6, 6.07) is 0. The number of hydrogen-bond donors (Lipinski definition) is 1. The van der Waals surface area contributed by atoms with Crippen LogP contribution in [-0.2, 0) is 21.3 Å². The van der Waals surface area contributed by atoms with E-state index in [4.69, 9.17) is 4.74 Å². The Balaban J connectivity index is 2.05. The Morgan fingerprint density at radius 2 is 2.33 bits per heavy atom. The number of nitrogens with zero attached hydrogens (tertiary/aromatic N) is 3. The standard InChI is InChI=1S/C13H24N4O3S/c1-3-12-10-17(7-8-20-12)21(18,19)13-9-15-16(11-13)6-4-5-14-2/h9,11-12,14H,3-8,10H2,1-2H3. The molecule has 1 saturated heterocycles. The molecule has 0 radical (unpaired) electrons. The van der Waals surface area contributed by atoms with Crippen molar-refractivity contribution in [1.29, 1.82) is 0 Å². The van der Waals surface area contributed by atoms with Crippen LogP contribution in [0.25, 0.3) is 0 Å². The summed E-state index contributed by atoms with van der Waals surface area (Å²) in [6.07, 6.45) is 4.76. The predicted octanol–water partition coefficient (Wildman–Crippen LogP) is 0.292. The molecule has 1 aliphatic heterocycles. The smallest absolute Gasteiger partial charge is 0.246 e. The number of aryl methyl sites for hydroxylation is 1. The zero-order chi connectivity index (χ0) is 15.3. The minimum absolute atomic E-state index is 0.0146. The Morgan fingerprint density at radius 3 is 3.05 bits per heavy atom. The Labute approximate surface area is 126 Å². The minimum atomic E-state index is -3.46. The number of aromatic nitrogens is 2. The van der Waals surface area contributed by atoms with E-state index < -0.39 is 10.0 Å². The van der Waals surface area contributed by atoms with E-state index in [0.29, 0.717) is 26.2 Å². The van der Waals surface area contributed by atoms with Crippen LogP contribution >= 0.6 is 0 Å². The predicted molar refractivity (Wildman–Crippen MR) is 79.6 cm³/mol. The molecule has 1 unspecified atom stereocenters. The second-order valence-corrected chi connectivity index (χ2v) is 7.10. The van der Waals surface area contributed by atoms with Crippen molar-refractivity contribution < 1.29 is 13.2 Å². The summed E-state index contributed by atoms with van der Waals surface area (Å²) in [4.78, 5) is 0.267. The van der Waals surface area contributed by atoms with Gasteiger partial charge in [-0.05, 0) is 26.4 Å². The van der Waals surface area contributed by atoms with Gasteiger partial charge in [0.25, 0.3) is 0 Å². The fourth-order valence-corrected chi connectivity index (χ4v) is 3.74. The van der Waals surface area contributed by atoms with Crippen molar-refractivity contribution in [3.63, 3.8) is 0 Å². The first-order valence-corrected chi connectivity index (χ1v) is 8.80. The van der Waals surface area contributed by atoms with E-state index in [1.165, 1.54) is 10.5 Å². The molecule has 1 N–H and O–H groups in total. The largest absolute Gasteiger partial charge is 0.375 e. The molecule has 1 atom stereocenters. The van der Waals surface area contributed by atoms with E-state index in [2.05, 4.69) is 10.4 Å². The maximum Gasteiger partial charge on any atom is 0.246 e. The van der Waals surface area contributed by atoms with Gasteiger partial charge in [-0.15, -0.1) is 0 Å². The molecule has 8 heteroatoms. The molecule has 0 spiro atoms. The molecule has 1 fully saturated rings. The van der Waals surface area contributed by atoms with Gasteiger partial charge in [0.1, 0.15) is 4.90 Å². The molecular weight excluding hydrogens is 292 g/mol. The number of morpholine rings is 1. The van der Waals surface area contributed by atoms with Gasteiger partial charge in [-0.3, -0.25) is 4.68 Å². The Kier molecular flexibility index (Phi) is 5.74. The lowest BCUT2D eigenvalue weighted by atomic mass is 10.2. The van der Waals surface area contributed by atoms with E-state index in [0.717, 1.165) is 19.4 Å². The molecule has 0 bridgehead atoms. The summed E-state index contributed by atoms with van der Waals surface area (Å²) in [5.41, 5.74) is 0. The van der Waals surface area contributed by atoms with Gasteiger partial charge in [-0.25, -0.2) is 8.42 Å². The quantitative estimate of drug-likeness (QED) is 0.732. The van der Waals surface area contributed by atoms with Gasteiger partial charge in [-0.1, -0.05) is 6.92 Å². The van der Waals surface area contributed by atoms with Crippen LogP contribution in [0, 0.1) is 0 Å². The molecular formula is C13H24N4O3S. The molecule has 2 heterocycles. The summed E-state index contributed by atoms with van der Waals surface area (Å²) < 4.78 is 33.9. The molecule has 1 aromatic rings. The zero-order valence-electron chi connectivity index (χ0n) is 12.7. The SMILES string of the molecule is CCC1CN(S(=O)(=O)c2cnn(CCCNC)c2)CCO1. The van der Waals surface area contributed by atoms with Crippen LogP contribution in [0.1, 0.15) is 19.8 Å². The van der Waals surface area contributed by atoms with Crippen molar-refractivity contribution >= 4 is 10.0 Å². The van der Waals surface area contributed by atoms with Gasteiger partial charge in [0.15, 0.2) is 0 Å². The fourth-order valence-electron chi connectivity index (χ4n) is 2.32. The first-order chi connectivity index (χ1) is 10.1. The van der Waals surface area contributed by atoms with Gasteiger partial charge in [0.05, 0.1) is 18.9 Å². The number of hydrogen-bond acceptors (Lipinski definition) is 5. The topological polar surface area (TPSA) is 76.5 Å². The number of sulfonamides is 1. The molecule has 0 amide bonds. The van der Waals surface area contributed by atoms with Gasteiger partial charge in [0, 0.05) is 25.8 Å². The fraction of sp³-hybridized carbons (Fsp3) is 0.769. The summed E-state index contributed by atoms with van der Waals surface area (Å²) in [5.74, 6) is 0. The third-order valence-electron chi connectivity index (χ3n) is 3.62. The van der Waals surface area contributed by atoms with Crippen LogP contribution in [0.4, 0.5) is 0 Å². The van der Waals surface area contributed by atoms with E-state index in [1.807, 2.05) is 14.0 Å². The van der Waals surface area contributed by atoms with Crippen LogP contribution in [0.5, 0.6) is 0 Å². The maximum atomic E-state index is 12.6. The highest BCUT2D eigenvalue weighted by Crippen LogP contribution is 2.19. The average Bonchev–Trinajstić information content (AvgIpc) is 2.97. The van der Waals surface area contributed by atoms with Crippen LogP contribution in [0.3, 0.4) is 0 Å². The molecule has 120 valence electrons. The Bertz CT molecular complexity index is 543. The van der Waals surface area contributed by atoms with Gasteiger partial charge in [0.2, 0.25) is 10.0 Å². The average molecular weight is 316 g/mol. The highest BCUT2D eigenvalue weighted by Gasteiger charge is 2.30. The summed E-state index contributed by atoms with van der Waals surface area (Å²) in [7, 11) is -1.57. The molecule has 7 nitrogen and oxygen atoms in total. The molecule has 1 aromatic heterocycles. The Morgan fingerprint density at radius 1 is 1.52 bits per heavy atom. The van der Waals surface area contributed by atoms with Crippen molar-refractivity contribution in [3.05, 3.63) is 12.4 Å². The second-order valence-electron chi connectivity index (χ2n) is 5.16. The number of rotatable bonds is 7. The first-order valence-electron chi connectivity index (χ1n) is 7.36. The summed E-state index contributed by atoms with van der Waals surface area (Å²) >= 11 is 0. The van der Waals surface area contributed by atoms with Crippen molar-refractivity contribution in [1.82, 2.24) is 19.4 Å². The van der Waals surface area contributed by atoms with Crippen molar-refractivity contribution in [3.8, 4) is 0 Å². The van der Waals surface area contributed by atoms with Crippen molar-refractivity contribution in [2.45, 2.75) is 37.3 Å². The van der Waals surface area contributed by atoms with E-state index >= 15 is 0 Å². The molecule has 0 saturated carbocycles. The molecule has 0 aromatic carbocycles. The molecule has 2 rings (SSSR count). The number of ether oxygens (including phenoxy) is 1. The zero-order valence-corrected chi connectivity index (χ0v) is 13.5. The monoisotopic (exact) mass is 316 g/mol. The number of nitrogens with one attached hydrogen (secondary N) is 1. The van der Waals surface area contributed by atoms with E-state index in [1.54, 1.807) is 10.9 Å². The van der Waals surface area contributed by atoms with Crippen molar-refractivity contribution in [2.24, 2.45) is 0 Å². The van der Waals surface area contributed by atoms with Crippen LogP contribution in [0.15, 0.2) is 17.3 Å². The normalized spacial score (nSPS) is 20.8. The van der Waals surface area contributed by atoms with Crippen LogP contribution in [-0.4, -0.2) is 61.9 Å². The lowest BCUT2D eigenvalue weighted by molar-refractivity contribution is -0.00278. The van der Waals surface area contributed by atoms with Crippen LogP contribution < -0.4 is 5.32 Å². The van der Waals surface area contributed by atoms with Gasteiger partial charge < -0.3 is 10.1 Å². The van der Waals surface area contributed by atoms with Gasteiger partial charge >= 0.3 is 0 Å². The Hall–Kier alpha value is -0.960.